The molecule has 3 aromatic rings. The zero-order chi connectivity index (χ0) is 19.3. The number of benzene rings is 2. The van der Waals surface area contributed by atoms with E-state index in [1.54, 1.807) is 13.0 Å². The van der Waals surface area contributed by atoms with Crippen LogP contribution < -0.4 is 5.56 Å². The number of nitrogens with one attached hydrogen (secondary N) is 1. The van der Waals surface area contributed by atoms with Crippen LogP contribution in [-0.4, -0.2) is 24.3 Å². The summed E-state index contributed by atoms with van der Waals surface area (Å²) in [5.41, 5.74) is 5.08. The maximum absolute atomic E-state index is 13.2. The van der Waals surface area contributed by atoms with Crippen molar-refractivity contribution in [1.29, 1.82) is 0 Å². The first kappa shape index (κ1) is 17.9. The minimum absolute atomic E-state index is 0.113. The van der Waals surface area contributed by atoms with Crippen LogP contribution >= 0.6 is 0 Å². The summed E-state index contributed by atoms with van der Waals surface area (Å²) < 4.78 is 27.9. The smallest absolute Gasteiger partial charge is 0.251 e. The fourth-order valence-corrected chi connectivity index (χ4v) is 5.41. The molecule has 1 aliphatic heterocycles. The van der Waals surface area contributed by atoms with E-state index in [1.807, 2.05) is 38.1 Å². The number of hydrogen-bond donors (Lipinski definition) is 1. The molecule has 0 spiro atoms. The van der Waals surface area contributed by atoms with E-state index < -0.39 is 10.0 Å². The number of pyridine rings is 1. The molecular formula is C21H22N2O3S. The quantitative estimate of drug-likeness (QED) is 0.740. The summed E-state index contributed by atoms with van der Waals surface area (Å²) in [5, 5.41) is 0.983. The standard InChI is InChI=1S/C21H22N2O3S/c1-13-4-5-14(2)20(8-13)27(25,26)23-7-6-16-10-17-9-15(3)21(24)22-19(17)11-18(16)12-23/h4-5,8-11H,6-7,12H2,1-3H3,(H,22,24). The summed E-state index contributed by atoms with van der Waals surface area (Å²) >= 11 is 0. The molecule has 0 aliphatic carbocycles. The topological polar surface area (TPSA) is 70.2 Å². The van der Waals surface area contributed by atoms with Gasteiger partial charge < -0.3 is 4.98 Å². The van der Waals surface area contributed by atoms with Crippen molar-refractivity contribution in [3.8, 4) is 0 Å². The number of H-pyrrole nitrogens is 1. The molecule has 0 radical (unpaired) electrons. The van der Waals surface area contributed by atoms with E-state index in [0.717, 1.165) is 33.2 Å². The Morgan fingerprint density at radius 2 is 1.74 bits per heavy atom. The van der Waals surface area contributed by atoms with Crippen LogP contribution in [0.3, 0.4) is 0 Å². The summed E-state index contributed by atoms with van der Waals surface area (Å²) in [6, 6.07) is 11.4. The van der Waals surface area contributed by atoms with Gasteiger partial charge >= 0.3 is 0 Å². The highest BCUT2D eigenvalue weighted by molar-refractivity contribution is 7.89. The Hall–Kier alpha value is -2.44. The second-order valence-electron chi connectivity index (χ2n) is 7.35. The zero-order valence-corrected chi connectivity index (χ0v) is 16.5. The van der Waals surface area contributed by atoms with Crippen molar-refractivity contribution < 1.29 is 8.42 Å². The first-order valence-electron chi connectivity index (χ1n) is 8.98. The van der Waals surface area contributed by atoms with E-state index in [2.05, 4.69) is 11.1 Å². The highest BCUT2D eigenvalue weighted by Gasteiger charge is 2.29. The highest BCUT2D eigenvalue weighted by atomic mass is 32.2. The van der Waals surface area contributed by atoms with Gasteiger partial charge in [0.15, 0.2) is 0 Å². The van der Waals surface area contributed by atoms with Gasteiger partial charge in [-0.2, -0.15) is 4.31 Å². The van der Waals surface area contributed by atoms with Gasteiger partial charge in [-0.05, 0) is 79.1 Å². The lowest BCUT2D eigenvalue weighted by atomic mass is 9.98. The van der Waals surface area contributed by atoms with Gasteiger partial charge in [-0.25, -0.2) is 8.42 Å². The average molecular weight is 382 g/mol. The monoisotopic (exact) mass is 382 g/mol. The number of nitrogens with zero attached hydrogens (tertiary/aromatic N) is 1. The number of hydrogen-bond acceptors (Lipinski definition) is 3. The Labute approximate surface area is 158 Å². The second-order valence-corrected chi connectivity index (χ2v) is 9.25. The Bertz CT molecular complexity index is 1230. The Morgan fingerprint density at radius 3 is 2.52 bits per heavy atom. The van der Waals surface area contributed by atoms with Crippen molar-refractivity contribution in [1.82, 2.24) is 9.29 Å². The number of aromatic nitrogens is 1. The van der Waals surface area contributed by atoms with Crippen molar-refractivity contribution in [2.75, 3.05) is 6.54 Å². The second kappa shape index (κ2) is 6.32. The average Bonchev–Trinajstić information content (AvgIpc) is 2.62. The molecule has 5 nitrogen and oxygen atoms in total. The SMILES string of the molecule is Cc1ccc(C)c(S(=O)(=O)N2CCc3cc4cc(C)c(=O)[nH]c4cc3C2)c1. The fraction of sp³-hybridized carbons (Fsp3) is 0.286. The molecule has 0 atom stereocenters. The number of aromatic amines is 1. The number of fused-ring (bicyclic) bond motifs is 2. The molecule has 27 heavy (non-hydrogen) atoms. The van der Waals surface area contributed by atoms with Gasteiger partial charge in [0.2, 0.25) is 10.0 Å². The van der Waals surface area contributed by atoms with Crippen LogP contribution in [0.5, 0.6) is 0 Å². The van der Waals surface area contributed by atoms with Crippen LogP contribution in [-0.2, 0) is 23.0 Å². The molecule has 2 heterocycles. The summed E-state index contributed by atoms with van der Waals surface area (Å²) in [5.74, 6) is 0. The predicted molar refractivity (Wildman–Crippen MR) is 107 cm³/mol. The molecule has 0 saturated heterocycles. The van der Waals surface area contributed by atoms with Gasteiger partial charge in [0, 0.05) is 24.2 Å². The molecule has 140 valence electrons. The number of rotatable bonds is 2. The van der Waals surface area contributed by atoms with Crippen molar-refractivity contribution in [2.24, 2.45) is 0 Å². The number of aryl methyl sites for hydroxylation is 3. The van der Waals surface area contributed by atoms with Crippen LogP contribution in [0.2, 0.25) is 0 Å². The van der Waals surface area contributed by atoms with Gasteiger partial charge in [-0.1, -0.05) is 12.1 Å². The number of sulfonamides is 1. The Balaban J connectivity index is 1.76. The van der Waals surface area contributed by atoms with E-state index in [4.69, 9.17) is 0 Å². The molecule has 0 fully saturated rings. The molecule has 6 heteroatoms. The van der Waals surface area contributed by atoms with Gasteiger partial charge in [-0.15, -0.1) is 0 Å². The van der Waals surface area contributed by atoms with Gasteiger partial charge in [0.05, 0.1) is 4.90 Å². The molecule has 0 saturated carbocycles. The summed E-state index contributed by atoms with van der Waals surface area (Å²) in [6.45, 7) is 6.28. The normalized spacial score (nSPS) is 15.1. The fourth-order valence-electron chi connectivity index (χ4n) is 3.68. The minimum Gasteiger partial charge on any atom is -0.322 e. The third-order valence-electron chi connectivity index (χ3n) is 5.29. The van der Waals surface area contributed by atoms with Gasteiger partial charge in [0.25, 0.3) is 5.56 Å². The summed E-state index contributed by atoms with van der Waals surface area (Å²) in [7, 11) is -3.56. The molecule has 1 aromatic heterocycles. The lowest BCUT2D eigenvalue weighted by molar-refractivity contribution is 0.391. The van der Waals surface area contributed by atoms with Crippen molar-refractivity contribution in [3.63, 3.8) is 0 Å². The predicted octanol–water partition coefficient (Wildman–Crippen LogP) is 3.20. The molecule has 1 aliphatic rings. The minimum atomic E-state index is -3.56. The van der Waals surface area contributed by atoms with E-state index in [9.17, 15) is 13.2 Å². The molecular weight excluding hydrogens is 360 g/mol. The molecule has 4 rings (SSSR count). The Morgan fingerprint density at radius 1 is 0.963 bits per heavy atom. The maximum atomic E-state index is 13.2. The zero-order valence-electron chi connectivity index (χ0n) is 15.7. The van der Waals surface area contributed by atoms with Crippen LogP contribution in [0.4, 0.5) is 0 Å². The van der Waals surface area contributed by atoms with E-state index in [-0.39, 0.29) is 5.56 Å². The third kappa shape index (κ3) is 3.09. The molecule has 1 N–H and O–H groups in total. The molecule has 2 aromatic carbocycles. The lowest BCUT2D eigenvalue weighted by Gasteiger charge is -2.29. The van der Waals surface area contributed by atoms with E-state index in [1.165, 1.54) is 4.31 Å². The van der Waals surface area contributed by atoms with Crippen LogP contribution in [0.15, 0.2) is 46.1 Å². The first-order valence-corrected chi connectivity index (χ1v) is 10.4. The summed E-state index contributed by atoms with van der Waals surface area (Å²) in [4.78, 5) is 15.2. The van der Waals surface area contributed by atoms with Gasteiger partial charge in [-0.3, -0.25) is 4.79 Å². The highest BCUT2D eigenvalue weighted by Crippen LogP contribution is 2.29. The van der Waals surface area contributed by atoms with Gasteiger partial charge in [0.1, 0.15) is 0 Å². The van der Waals surface area contributed by atoms with Crippen LogP contribution in [0.25, 0.3) is 10.9 Å². The van der Waals surface area contributed by atoms with E-state index in [0.29, 0.717) is 30.0 Å². The molecule has 0 bridgehead atoms. The van der Waals surface area contributed by atoms with Crippen LogP contribution in [0, 0.1) is 20.8 Å². The molecule has 0 amide bonds. The van der Waals surface area contributed by atoms with E-state index >= 15 is 0 Å². The maximum Gasteiger partial charge on any atom is 0.251 e. The van der Waals surface area contributed by atoms with Crippen molar-refractivity contribution >= 4 is 20.9 Å². The largest absolute Gasteiger partial charge is 0.322 e. The molecule has 0 unspecified atom stereocenters. The van der Waals surface area contributed by atoms with Crippen molar-refractivity contribution in [2.45, 2.75) is 38.6 Å². The first-order chi connectivity index (χ1) is 12.8. The Kier molecular flexibility index (Phi) is 4.20. The third-order valence-corrected chi connectivity index (χ3v) is 7.28. The van der Waals surface area contributed by atoms with Crippen LogP contribution in [0.1, 0.15) is 27.8 Å². The summed E-state index contributed by atoms with van der Waals surface area (Å²) in [6.07, 6.45) is 0.660. The lowest BCUT2D eigenvalue weighted by Crippen LogP contribution is -2.36. The van der Waals surface area contributed by atoms with Crippen molar-refractivity contribution in [3.05, 3.63) is 74.6 Å².